The second-order valence-electron chi connectivity index (χ2n) is 7.94. The first kappa shape index (κ1) is 21.3. The molecule has 0 unspecified atom stereocenters. The van der Waals surface area contributed by atoms with E-state index in [0.29, 0.717) is 0 Å². The van der Waals surface area contributed by atoms with Crippen molar-refractivity contribution in [1.82, 2.24) is 9.62 Å². The topological polar surface area (TPSA) is 78.5 Å². The van der Waals surface area contributed by atoms with Gasteiger partial charge in [0.2, 0.25) is 0 Å². The Morgan fingerprint density at radius 1 is 1.03 bits per heavy atom. The van der Waals surface area contributed by atoms with Crippen molar-refractivity contribution in [2.24, 2.45) is 0 Å². The number of nitrogens with one attached hydrogen (secondary N) is 2. The number of hydrogen-bond acceptors (Lipinski definition) is 5. The Bertz CT molecular complexity index is 1090. The van der Waals surface area contributed by atoms with E-state index in [1.165, 1.54) is 33.6 Å². The van der Waals surface area contributed by atoms with E-state index in [1.807, 2.05) is 7.05 Å². The molecular formula is C20H24N3NaO3S2. The van der Waals surface area contributed by atoms with Gasteiger partial charge in [-0.1, -0.05) is 6.07 Å². The molecule has 0 fully saturated rings. The van der Waals surface area contributed by atoms with Crippen molar-refractivity contribution in [1.29, 1.82) is 0 Å². The number of rotatable bonds is 3. The first-order valence-corrected chi connectivity index (χ1v) is 12.0. The van der Waals surface area contributed by atoms with Gasteiger partial charge in [0.15, 0.2) is 0 Å². The van der Waals surface area contributed by atoms with Crippen LogP contribution in [-0.4, -0.2) is 62.5 Å². The van der Waals surface area contributed by atoms with Crippen LogP contribution in [0.4, 0.5) is 10.5 Å². The van der Waals surface area contributed by atoms with E-state index in [-0.39, 0.29) is 33.8 Å². The number of sulfonamides is 1. The Balaban J connectivity index is 0.00000205. The first-order valence-electron chi connectivity index (χ1n) is 9.71. The van der Waals surface area contributed by atoms with E-state index in [0.717, 1.165) is 67.7 Å². The van der Waals surface area contributed by atoms with E-state index >= 15 is 0 Å². The molecule has 0 bridgehead atoms. The van der Waals surface area contributed by atoms with Crippen LogP contribution in [0, 0.1) is 0 Å². The minimum atomic E-state index is -3.87. The normalized spacial score (nSPS) is 17.4. The molecule has 0 atom stereocenters. The maximum absolute atomic E-state index is 12.8. The number of carbonyl (C=O) groups excluding carboxylic acids is 1. The van der Waals surface area contributed by atoms with E-state index in [9.17, 15) is 13.2 Å². The fraction of sp³-hybridized carbons (Fsp3) is 0.450. The second-order valence-corrected chi connectivity index (χ2v) is 11.0. The summed E-state index contributed by atoms with van der Waals surface area (Å²) in [7, 11) is -1.85. The molecule has 1 aliphatic heterocycles. The summed E-state index contributed by atoms with van der Waals surface area (Å²) in [5.41, 5.74) is 6.82. The van der Waals surface area contributed by atoms with Gasteiger partial charge in [-0.15, -0.1) is 11.3 Å². The Kier molecular flexibility index (Phi) is 5.87. The minimum absolute atomic E-state index is 0. The van der Waals surface area contributed by atoms with Crippen molar-refractivity contribution in [2.45, 2.75) is 49.3 Å². The van der Waals surface area contributed by atoms with Gasteiger partial charge in [-0.05, 0) is 79.5 Å². The molecule has 2 aliphatic carbocycles. The molecule has 3 aliphatic rings. The van der Waals surface area contributed by atoms with Gasteiger partial charge in [0.05, 0.1) is 0 Å². The van der Waals surface area contributed by atoms with Crippen LogP contribution in [0.2, 0.25) is 0 Å². The summed E-state index contributed by atoms with van der Waals surface area (Å²) < 4.78 is 28.0. The average molecular weight is 442 g/mol. The number of hydrogen-bond donors (Lipinski definition) is 2. The molecule has 150 valence electrons. The van der Waals surface area contributed by atoms with Crippen molar-refractivity contribution in [3.8, 4) is 0 Å². The van der Waals surface area contributed by atoms with Crippen LogP contribution < -0.4 is 10.0 Å². The molecule has 0 radical (unpaired) electrons. The fourth-order valence-corrected chi connectivity index (χ4v) is 6.94. The molecule has 1 aromatic carbocycles. The van der Waals surface area contributed by atoms with Crippen LogP contribution in [0.1, 0.15) is 39.1 Å². The van der Waals surface area contributed by atoms with Crippen LogP contribution in [0.25, 0.3) is 0 Å². The summed E-state index contributed by atoms with van der Waals surface area (Å²) in [5.74, 6) is 0. The number of amides is 2. The number of aryl methyl sites for hydroxylation is 2. The number of fused-ring (bicyclic) bond motifs is 3. The molecule has 0 spiro atoms. The predicted molar refractivity (Wildman–Crippen MR) is 117 cm³/mol. The fourth-order valence-electron chi connectivity index (χ4n) is 4.49. The van der Waals surface area contributed by atoms with Gasteiger partial charge < -0.3 is 10.2 Å². The average Bonchev–Trinajstić information content (AvgIpc) is 3.23. The summed E-state index contributed by atoms with van der Waals surface area (Å²) in [6, 6.07) is 3.30. The van der Waals surface area contributed by atoms with Crippen molar-refractivity contribution >= 4 is 62.6 Å². The van der Waals surface area contributed by atoms with Gasteiger partial charge in [0.25, 0.3) is 10.0 Å². The maximum atomic E-state index is 12.8. The number of carbonyl (C=O) groups is 1. The Morgan fingerprint density at radius 2 is 1.79 bits per heavy atom. The van der Waals surface area contributed by atoms with Gasteiger partial charge in [-0.25, -0.2) is 17.9 Å². The number of thiophene rings is 1. The zero-order valence-electron chi connectivity index (χ0n) is 15.8. The van der Waals surface area contributed by atoms with Gasteiger partial charge in [0.1, 0.15) is 4.21 Å². The molecule has 6 nitrogen and oxygen atoms in total. The van der Waals surface area contributed by atoms with Crippen molar-refractivity contribution in [3.05, 3.63) is 44.8 Å². The molecule has 5 rings (SSSR count). The Labute approximate surface area is 197 Å². The van der Waals surface area contributed by atoms with Crippen molar-refractivity contribution in [3.63, 3.8) is 0 Å². The number of benzene rings is 1. The summed E-state index contributed by atoms with van der Waals surface area (Å²) in [6.07, 6.45) is 5.88. The van der Waals surface area contributed by atoms with E-state index < -0.39 is 16.1 Å². The van der Waals surface area contributed by atoms with Crippen LogP contribution in [0.15, 0.2) is 16.3 Å². The second kappa shape index (κ2) is 7.98. The van der Waals surface area contributed by atoms with Gasteiger partial charge in [-0.3, -0.25) is 0 Å². The third-order valence-corrected chi connectivity index (χ3v) is 9.05. The summed E-state index contributed by atoms with van der Waals surface area (Å²) >= 11 is 1.27. The standard InChI is InChI=1S/C20H23N3O3S2.Na.H/c1-23-8-7-17-14(11-23)10-18(27-17)28(25,26)22-20(24)21-19-15-4-2-3-12(15)9-13-5-6-16(13)19;;/h9-10H,2-8,11H2,1H3,(H2,21,22,24);;. The molecule has 2 amide bonds. The molecule has 0 saturated carbocycles. The van der Waals surface area contributed by atoms with Crippen LogP contribution in [0.3, 0.4) is 0 Å². The molecule has 1 aromatic heterocycles. The number of nitrogens with zero attached hydrogens (tertiary/aromatic N) is 1. The van der Waals surface area contributed by atoms with Crippen LogP contribution in [0.5, 0.6) is 0 Å². The van der Waals surface area contributed by atoms with Gasteiger partial charge in [0, 0.05) is 23.7 Å². The zero-order chi connectivity index (χ0) is 19.5. The monoisotopic (exact) mass is 441 g/mol. The summed E-state index contributed by atoms with van der Waals surface area (Å²) in [6.45, 7) is 1.67. The first-order chi connectivity index (χ1) is 13.4. The van der Waals surface area contributed by atoms with Gasteiger partial charge >= 0.3 is 35.6 Å². The van der Waals surface area contributed by atoms with E-state index in [2.05, 4.69) is 21.0 Å². The predicted octanol–water partition coefficient (Wildman–Crippen LogP) is 2.19. The molecule has 2 N–H and O–H groups in total. The SMILES string of the molecule is CN1CCc2sc(S(=O)(=O)NC(=O)Nc3c4c(cc5c3CC5)CCC4)cc2C1.[NaH]. The summed E-state index contributed by atoms with van der Waals surface area (Å²) in [4.78, 5) is 15.8. The van der Waals surface area contributed by atoms with Crippen LogP contribution >= 0.6 is 11.3 Å². The Hall–Kier alpha value is -0.900. The molecule has 29 heavy (non-hydrogen) atoms. The van der Waals surface area contributed by atoms with E-state index in [1.54, 1.807) is 6.07 Å². The summed E-state index contributed by atoms with van der Waals surface area (Å²) in [5, 5.41) is 2.86. The van der Waals surface area contributed by atoms with Crippen molar-refractivity contribution in [2.75, 3.05) is 18.9 Å². The molecule has 9 heteroatoms. The number of urea groups is 1. The van der Waals surface area contributed by atoms with Crippen LogP contribution in [-0.2, 0) is 48.7 Å². The Morgan fingerprint density at radius 3 is 2.55 bits per heavy atom. The third-order valence-electron chi connectivity index (χ3n) is 6.01. The van der Waals surface area contributed by atoms with Gasteiger partial charge in [-0.2, -0.15) is 0 Å². The van der Waals surface area contributed by atoms with E-state index in [4.69, 9.17) is 0 Å². The molecule has 2 heterocycles. The number of anilines is 1. The molecule has 2 aromatic rings. The molecule has 0 saturated heterocycles. The van der Waals surface area contributed by atoms with Crippen molar-refractivity contribution < 1.29 is 13.2 Å². The number of likely N-dealkylation sites (N-methyl/N-ethyl adjacent to an activating group) is 1. The molecular weight excluding hydrogens is 417 g/mol. The third kappa shape index (κ3) is 3.91. The quantitative estimate of drug-likeness (QED) is 0.716. The zero-order valence-corrected chi connectivity index (χ0v) is 17.4.